The van der Waals surface area contributed by atoms with Gasteiger partial charge in [0.25, 0.3) is 5.17 Å². The van der Waals surface area contributed by atoms with Crippen LogP contribution < -0.4 is 10.1 Å². The van der Waals surface area contributed by atoms with Crippen LogP contribution in [0.25, 0.3) is 0 Å². The van der Waals surface area contributed by atoms with E-state index in [-0.39, 0.29) is 47.8 Å². The molecule has 5 fully saturated rings. The number of carbonyl (C=O) groups excluding carboxylic acids is 1. The molecule has 0 amide bonds. The molecule has 2 bridgehead atoms. The highest BCUT2D eigenvalue weighted by molar-refractivity contribution is 7.80. The number of nitrogens with zero attached hydrogens (tertiary/aromatic N) is 3. The molecule has 0 unspecified atom stereocenters. The third-order valence-corrected chi connectivity index (χ3v) is 15.5. The molecule has 1 aromatic rings. The van der Waals surface area contributed by atoms with E-state index in [2.05, 4.69) is 35.0 Å². The number of hydrogen-bond acceptors (Lipinski definition) is 16. The van der Waals surface area contributed by atoms with Gasteiger partial charge in [0.1, 0.15) is 23.6 Å². The quantitative estimate of drug-likeness (QED) is 0.163. The van der Waals surface area contributed by atoms with Gasteiger partial charge in [0.2, 0.25) is 0 Å². The van der Waals surface area contributed by atoms with Crippen molar-refractivity contribution in [1.82, 2.24) is 20.0 Å². The minimum absolute atomic E-state index is 0.116. The summed E-state index contributed by atoms with van der Waals surface area (Å²) in [6.45, 7) is 23.0. The van der Waals surface area contributed by atoms with Gasteiger partial charge in [0.15, 0.2) is 18.7 Å². The molecule has 0 spiro atoms. The van der Waals surface area contributed by atoms with Crippen molar-refractivity contribution in [2.75, 3.05) is 68.1 Å². The second-order valence-corrected chi connectivity index (χ2v) is 20.5. The zero-order valence-electron chi connectivity index (χ0n) is 42.4. The van der Waals surface area contributed by atoms with Gasteiger partial charge in [-0.05, 0) is 106 Å². The summed E-state index contributed by atoms with van der Waals surface area (Å²) < 4.78 is 57.9. The van der Waals surface area contributed by atoms with Gasteiger partial charge >= 0.3 is 5.97 Å². The highest BCUT2D eigenvalue weighted by Gasteiger charge is 2.54. The second kappa shape index (κ2) is 23.6. The van der Waals surface area contributed by atoms with Crippen molar-refractivity contribution < 1.29 is 57.6 Å². The van der Waals surface area contributed by atoms with Crippen LogP contribution in [0.5, 0.6) is 5.75 Å². The van der Waals surface area contributed by atoms with Crippen LogP contribution in [0, 0.1) is 17.8 Å². The molecule has 17 atom stereocenters. The number of carbonyl (C=O) groups is 1. The summed E-state index contributed by atoms with van der Waals surface area (Å²) in [6.07, 6.45) is -5.71. The van der Waals surface area contributed by atoms with Gasteiger partial charge in [-0.3, -0.25) is 14.6 Å². The number of aliphatic hydroxyl groups excluding tert-OH is 2. The zero-order valence-corrected chi connectivity index (χ0v) is 43.2. The summed E-state index contributed by atoms with van der Waals surface area (Å²) >= 11 is 5.76. The molecule has 1 aromatic carbocycles. The molecule has 3 N–H and O–H groups in total. The number of methoxy groups -OCH3 is 3. The molecule has 5 heterocycles. The third kappa shape index (κ3) is 12.5. The number of rotatable bonds is 15. The summed E-state index contributed by atoms with van der Waals surface area (Å²) in [5.74, 6) is -1.17. The lowest BCUT2D eigenvalue weighted by Gasteiger charge is -2.51. The average Bonchev–Trinajstić information content (AvgIpc) is 3.27. The molecule has 16 nitrogen and oxygen atoms in total. The van der Waals surface area contributed by atoms with Crippen molar-refractivity contribution in [3.8, 4) is 5.75 Å². The fraction of sp³-hybridized carbons (Fsp3) is 0.837. The van der Waals surface area contributed by atoms with Crippen LogP contribution in [0.1, 0.15) is 100 Å². The Labute approximate surface area is 400 Å². The lowest BCUT2D eigenvalue weighted by molar-refractivity contribution is -0.319. The first kappa shape index (κ1) is 54.7. The van der Waals surface area contributed by atoms with Crippen molar-refractivity contribution in [3.05, 3.63) is 29.8 Å². The van der Waals surface area contributed by atoms with E-state index >= 15 is 0 Å². The Morgan fingerprint density at radius 3 is 2.23 bits per heavy atom. The Hall–Kier alpha value is -2.26. The molecule has 0 aliphatic carbocycles. The smallest absolute Gasteiger partial charge is 0.311 e. The number of para-hydroxylation sites is 1. The summed E-state index contributed by atoms with van der Waals surface area (Å²) in [5, 5.41) is 27.0. The van der Waals surface area contributed by atoms with E-state index in [0.29, 0.717) is 39.0 Å². The Morgan fingerprint density at radius 2 is 1.61 bits per heavy atom. The minimum atomic E-state index is -1.06. The summed E-state index contributed by atoms with van der Waals surface area (Å²) in [7, 11) is 8.81. The molecule has 5 aliphatic rings. The standard InChI is InChI=1S/C49H84N4O12S/c1-16-52(32(6)36-19-17-18-20-38(36)57-13)22-21-50-47(66)65-44-34(8)61-39(25-49(44,10)59-15)63-42-30(4)43(64-46-41(55)37(51(11)12)23-29(3)60-46)48(9,58-14)24-28(2)40(54)33(7)53-26-35(27-53)62-45(56)31(42)5/h17-20,28-35,37,39-44,46,54-55H,16,21-27H2,1-15H3,(H,50,66)/t28-,29-,30+,31-,32+,33+,34+,37+,39-,40+,41-,42+,43-,44+,46-,48+,49-/m1/s1. The van der Waals surface area contributed by atoms with E-state index in [0.717, 1.165) is 17.9 Å². The Bertz CT molecular complexity index is 1710. The van der Waals surface area contributed by atoms with Gasteiger partial charge in [0, 0.05) is 76.4 Å². The number of thiocarbonyl (C=S) groups is 1. The molecule has 0 saturated carbocycles. The molecule has 66 heavy (non-hydrogen) atoms. The maximum absolute atomic E-state index is 14.2. The lowest BCUT2D eigenvalue weighted by atomic mass is 9.76. The average molecular weight is 953 g/mol. The predicted molar refractivity (Wildman–Crippen MR) is 255 cm³/mol. The molecule has 6 rings (SSSR count). The van der Waals surface area contributed by atoms with E-state index in [4.69, 9.17) is 54.8 Å². The van der Waals surface area contributed by atoms with Gasteiger partial charge in [-0.1, -0.05) is 39.0 Å². The molecule has 0 radical (unpaired) electrons. The van der Waals surface area contributed by atoms with Gasteiger partial charge in [0.05, 0.1) is 49.1 Å². The number of esters is 1. The Morgan fingerprint density at radius 1 is 0.955 bits per heavy atom. The van der Waals surface area contributed by atoms with Gasteiger partial charge in [-0.2, -0.15) is 0 Å². The predicted octanol–water partition coefficient (Wildman–Crippen LogP) is 4.77. The van der Waals surface area contributed by atoms with E-state index in [9.17, 15) is 15.0 Å². The normalized spacial score (nSPS) is 40.7. The van der Waals surface area contributed by atoms with Gasteiger partial charge < -0.3 is 63.1 Å². The van der Waals surface area contributed by atoms with Crippen molar-refractivity contribution in [2.45, 2.75) is 179 Å². The molecule has 378 valence electrons. The number of ether oxygens (including phenoxy) is 9. The van der Waals surface area contributed by atoms with Crippen LogP contribution in [0.4, 0.5) is 0 Å². The maximum Gasteiger partial charge on any atom is 0.311 e. The van der Waals surface area contributed by atoms with Crippen LogP contribution in [0.3, 0.4) is 0 Å². The number of aliphatic hydroxyl groups is 2. The third-order valence-electron chi connectivity index (χ3n) is 15.2. The Kier molecular flexibility index (Phi) is 19.5. The van der Waals surface area contributed by atoms with Crippen molar-refractivity contribution >= 4 is 23.4 Å². The second-order valence-electron chi connectivity index (χ2n) is 20.1. The number of fused-ring (bicyclic) bond motifs is 10. The zero-order chi connectivity index (χ0) is 48.8. The van der Waals surface area contributed by atoms with Crippen LogP contribution in [0.2, 0.25) is 0 Å². The molecular weight excluding hydrogens is 869 g/mol. The Balaban J connectivity index is 1.38. The highest BCUT2D eigenvalue weighted by Crippen LogP contribution is 2.42. The van der Waals surface area contributed by atoms with Gasteiger partial charge in [-0.15, -0.1) is 0 Å². The molecule has 17 heteroatoms. The maximum atomic E-state index is 14.2. The highest BCUT2D eigenvalue weighted by atomic mass is 32.1. The van der Waals surface area contributed by atoms with Crippen molar-refractivity contribution in [1.29, 1.82) is 0 Å². The fourth-order valence-corrected chi connectivity index (χ4v) is 11.0. The first-order valence-corrected chi connectivity index (χ1v) is 24.5. The van der Waals surface area contributed by atoms with Crippen LogP contribution in [-0.4, -0.2) is 189 Å². The number of hydrogen-bond donors (Lipinski definition) is 3. The SMILES string of the molecule is CCN(CCNC(=S)O[C@H]1[C@H](C)O[C@H](O[C@H]2[C@H](C)[C@@H](O[C@H]3O[C@H](C)C[C@H](N(C)C)[C@H]3O)[C@@](C)(OC)C[C@@H](C)[C@H](O)[C@H](C)N3CC(C3)OC(=O)[C@@H]2C)C[C@@]1(C)OC)[C@@H](C)c1ccccc1OC. The number of likely N-dealkylation sites (N-methyl/N-ethyl adjacent to an activating group) is 2. The molecule has 0 aromatic heterocycles. The largest absolute Gasteiger partial charge is 0.496 e. The van der Waals surface area contributed by atoms with Gasteiger partial charge in [-0.25, -0.2) is 0 Å². The van der Waals surface area contributed by atoms with E-state index < -0.39 is 78.2 Å². The van der Waals surface area contributed by atoms with Crippen LogP contribution in [0.15, 0.2) is 24.3 Å². The monoisotopic (exact) mass is 953 g/mol. The summed E-state index contributed by atoms with van der Waals surface area (Å²) in [4.78, 5) is 20.7. The lowest BCUT2D eigenvalue weighted by Crippen LogP contribution is -2.63. The summed E-state index contributed by atoms with van der Waals surface area (Å²) in [6, 6.07) is 7.77. The first-order chi connectivity index (χ1) is 31.1. The first-order valence-electron chi connectivity index (χ1n) is 24.1. The number of benzene rings is 1. The molecule has 5 aliphatic heterocycles. The summed E-state index contributed by atoms with van der Waals surface area (Å²) in [5.41, 5.74) is -0.875. The van der Waals surface area contributed by atoms with E-state index in [1.165, 1.54) is 0 Å². The number of nitrogens with one attached hydrogen (secondary N) is 1. The topological polar surface area (TPSA) is 162 Å². The van der Waals surface area contributed by atoms with E-state index in [1.807, 2.05) is 92.6 Å². The molecular formula is C49H84N4O12S. The molecule has 5 saturated heterocycles. The minimum Gasteiger partial charge on any atom is -0.496 e. The van der Waals surface area contributed by atoms with E-state index in [1.54, 1.807) is 21.3 Å². The fourth-order valence-electron chi connectivity index (χ4n) is 10.8. The van der Waals surface area contributed by atoms with Crippen molar-refractivity contribution in [3.63, 3.8) is 0 Å². The van der Waals surface area contributed by atoms with Crippen LogP contribution >= 0.6 is 12.2 Å². The van der Waals surface area contributed by atoms with Crippen LogP contribution in [-0.2, 0) is 42.7 Å². The van der Waals surface area contributed by atoms with Crippen molar-refractivity contribution in [2.24, 2.45) is 17.8 Å².